The van der Waals surface area contributed by atoms with E-state index in [0.717, 1.165) is 11.4 Å². The molecule has 0 aliphatic heterocycles. The number of pyridine rings is 2. The molecule has 0 fully saturated rings. The van der Waals surface area contributed by atoms with E-state index in [2.05, 4.69) is 49.8 Å². The molecular weight excluding hydrogens is 220 g/mol. The van der Waals surface area contributed by atoms with Gasteiger partial charge in [0.15, 0.2) is 0 Å². The van der Waals surface area contributed by atoms with E-state index in [-0.39, 0.29) is 0 Å². The van der Waals surface area contributed by atoms with Crippen molar-refractivity contribution in [2.75, 3.05) is 0 Å². The molecule has 0 aromatic carbocycles. The normalized spacial score (nSPS) is 9.67. The maximum atomic E-state index is 4.18. The number of hydrogen-bond acceptors (Lipinski definition) is 2. The molecule has 0 N–H and O–H groups in total. The van der Waals surface area contributed by atoms with Gasteiger partial charge in [0.25, 0.3) is 0 Å². The van der Waals surface area contributed by atoms with Crippen LogP contribution in [-0.2, 0) is 0 Å². The third-order valence-corrected chi connectivity index (χ3v) is 2.95. The molecule has 18 heavy (non-hydrogen) atoms. The summed E-state index contributed by atoms with van der Waals surface area (Å²) in [5.41, 5.74) is 7.27. The molecule has 2 heteroatoms. The molecule has 2 aromatic heterocycles. The SMILES string of the molecule is Cc1cnc(C)c(C)c1.Cc1cnc(C)c(C)c1. The van der Waals surface area contributed by atoms with E-state index in [1.807, 2.05) is 26.2 Å². The summed E-state index contributed by atoms with van der Waals surface area (Å²) < 4.78 is 0. The molecule has 0 unspecified atom stereocenters. The fraction of sp³-hybridized carbons (Fsp3) is 0.375. The maximum absolute atomic E-state index is 4.18. The van der Waals surface area contributed by atoms with Gasteiger partial charge in [-0.25, -0.2) is 0 Å². The zero-order valence-corrected chi connectivity index (χ0v) is 12.2. The number of rotatable bonds is 0. The van der Waals surface area contributed by atoms with Crippen molar-refractivity contribution >= 4 is 0 Å². The van der Waals surface area contributed by atoms with Crippen molar-refractivity contribution in [3.05, 3.63) is 58.2 Å². The fourth-order valence-corrected chi connectivity index (χ4v) is 1.57. The Morgan fingerprint density at radius 3 is 1.17 bits per heavy atom. The summed E-state index contributed by atoms with van der Waals surface area (Å²) in [6.45, 7) is 12.3. The first-order valence-corrected chi connectivity index (χ1v) is 6.20. The van der Waals surface area contributed by atoms with Crippen LogP contribution in [0.2, 0.25) is 0 Å². The van der Waals surface area contributed by atoms with Gasteiger partial charge in [-0.3, -0.25) is 9.97 Å². The van der Waals surface area contributed by atoms with Crippen LogP contribution in [0.4, 0.5) is 0 Å². The number of aromatic nitrogens is 2. The topological polar surface area (TPSA) is 25.8 Å². The van der Waals surface area contributed by atoms with Crippen LogP contribution in [0.1, 0.15) is 33.6 Å². The van der Waals surface area contributed by atoms with E-state index in [4.69, 9.17) is 0 Å². The third-order valence-electron chi connectivity index (χ3n) is 2.95. The summed E-state index contributed by atoms with van der Waals surface area (Å²) in [6, 6.07) is 4.28. The Bertz CT molecular complexity index is 481. The molecule has 0 aliphatic carbocycles. The van der Waals surface area contributed by atoms with Gasteiger partial charge in [-0.15, -0.1) is 0 Å². The van der Waals surface area contributed by atoms with Gasteiger partial charge in [0.05, 0.1) is 0 Å². The summed E-state index contributed by atoms with van der Waals surface area (Å²) in [6.07, 6.45) is 3.78. The van der Waals surface area contributed by atoms with Crippen LogP contribution in [0.25, 0.3) is 0 Å². The Morgan fingerprint density at radius 1 is 0.611 bits per heavy atom. The van der Waals surface area contributed by atoms with Crippen LogP contribution in [0, 0.1) is 41.5 Å². The van der Waals surface area contributed by atoms with Gasteiger partial charge in [-0.2, -0.15) is 0 Å². The van der Waals surface area contributed by atoms with Crippen molar-refractivity contribution in [3.8, 4) is 0 Å². The summed E-state index contributed by atoms with van der Waals surface area (Å²) in [5, 5.41) is 0. The molecule has 2 heterocycles. The van der Waals surface area contributed by atoms with Gasteiger partial charge in [0.2, 0.25) is 0 Å². The standard InChI is InChI=1S/2C8H11N/c2*1-6-4-7(2)8(3)9-5-6/h2*4-5H,1-3H3. The number of aryl methyl sites for hydroxylation is 6. The lowest BCUT2D eigenvalue weighted by Crippen LogP contribution is -1.85. The minimum Gasteiger partial charge on any atom is -0.261 e. The van der Waals surface area contributed by atoms with Crippen LogP contribution < -0.4 is 0 Å². The molecule has 2 nitrogen and oxygen atoms in total. The second-order valence-corrected chi connectivity index (χ2v) is 4.83. The highest BCUT2D eigenvalue weighted by Gasteiger charge is 1.91. The highest BCUT2D eigenvalue weighted by Crippen LogP contribution is 2.04. The van der Waals surface area contributed by atoms with Crippen molar-refractivity contribution in [1.82, 2.24) is 9.97 Å². The molecular formula is C16H22N2. The van der Waals surface area contributed by atoms with Crippen LogP contribution in [0.5, 0.6) is 0 Å². The first-order chi connectivity index (χ1) is 8.40. The second kappa shape index (κ2) is 6.29. The Morgan fingerprint density at radius 2 is 0.944 bits per heavy atom. The molecule has 0 atom stereocenters. The summed E-state index contributed by atoms with van der Waals surface area (Å²) >= 11 is 0. The Balaban J connectivity index is 0.000000180. The highest BCUT2D eigenvalue weighted by molar-refractivity contribution is 5.22. The first-order valence-electron chi connectivity index (χ1n) is 6.20. The Labute approximate surface area is 110 Å². The van der Waals surface area contributed by atoms with Gasteiger partial charge in [-0.05, 0) is 63.8 Å². The van der Waals surface area contributed by atoms with Gasteiger partial charge in [0, 0.05) is 23.8 Å². The largest absolute Gasteiger partial charge is 0.261 e. The molecule has 0 spiro atoms. The number of hydrogen-bond donors (Lipinski definition) is 0. The fourth-order valence-electron chi connectivity index (χ4n) is 1.57. The Hall–Kier alpha value is -1.70. The van der Waals surface area contributed by atoms with Crippen LogP contribution in [0.3, 0.4) is 0 Å². The van der Waals surface area contributed by atoms with Crippen molar-refractivity contribution < 1.29 is 0 Å². The molecule has 2 rings (SSSR count). The van der Waals surface area contributed by atoms with Crippen molar-refractivity contribution in [3.63, 3.8) is 0 Å². The second-order valence-electron chi connectivity index (χ2n) is 4.83. The Kier molecular flexibility index (Phi) is 5.02. The van der Waals surface area contributed by atoms with Crippen molar-refractivity contribution in [2.45, 2.75) is 41.5 Å². The molecule has 96 valence electrons. The van der Waals surface area contributed by atoms with Gasteiger partial charge in [-0.1, -0.05) is 12.1 Å². The van der Waals surface area contributed by atoms with Crippen LogP contribution in [-0.4, -0.2) is 9.97 Å². The van der Waals surface area contributed by atoms with Crippen LogP contribution in [0.15, 0.2) is 24.5 Å². The van der Waals surface area contributed by atoms with Gasteiger partial charge >= 0.3 is 0 Å². The van der Waals surface area contributed by atoms with E-state index in [1.165, 1.54) is 22.3 Å². The zero-order valence-electron chi connectivity index (χ0n) is 12.2. The van der Waals surface area contributed by atoms with Crippen LogP contribution >= 0.6 is 0 Å². The zero-order chi connectivity index (χ0) is 13.7. The third kappa shape index (κ3) is 4.28. The molecule has 0 amide bonds. The predicted octanol–water partition coefficient (Wildman–Crippen LogP) is 4.01. The van der Waals surface area contributed by atoms with E-state index >= 15 is 0 Å². The molecule has 2 aromatic rings. The molecule has 0 radical (unpaired) electrons. The van der Waals surface area contributed by atoms with E-state index in [0.29, 0.717) is 0 Å². The lowest BCUT2D eigenvalue weighted by Gasteiger charge is -1.97. The quantitative estimate of drug-likeness (QED) is 0.697. The van der Waals surface area contributed by atoms with E-state index in [1.54, 1.807) is 0 Å². The highest BCUT2D eigenvalue weighted by atomic mass is 14.7. The van der Waals surface area contributed by atoms with Gasteiger partial charge in [0.1, 0.15) is 0 Å². The molecule has 0 saturated heterocycles. The average molecular weight is 242 g/mol. The summed E-state index contributed by atoms with van der Waals surface area (Å²) in [5.74, 6) is 0. The van der Waals surface area contributed by atoms with Crippen molar-refractivity contribution in [1.29, 1.82) is 0 Å². The number of nitrogens with zero attached hydrogens (tertiary/aromatic N) is 2. The van der Waals surface area contributed by atoms with Gasteiger partial charge < -0.3 is 0 Å². The van der Waals surface area contributed by atoms with E-state index in [9.17, 15) is 0 Å². The smallest absolute Gasteiger partial charge is 0.0401 e. The predicted molar refractivity (Wildman–Crippen MR) is 76.9 cm³/mol. The minimum atomic E-state index is 1.13. The molecule has 0 saturated carbocycles. The molecule has 0 aliphatic rings. The average Bonchev–Trinajstić information content (AvgIpc) is 2.30. The lowest BCUT2D eigenvalue weighted by molar-refractivity contribution is 1.12. The lowest BCUT2D eigenvalue weighted by atomic mass is 10.2. The summed E-state index contributed by atoms with van der Waals surface area (Å²) in [4.78, 5) is 8.36. The van der Waals surface area contributed by atoms with Crippen molar-refractivity contribution in [2.24, 2.45) is 0 Å². The first kappa shape index (κ1) is 14.4. The molecule has 0 bridgehead atoms. The monoisotopic (exact) mass is 242 g/mol. The summed E-state index contributed by atoms with van der Waals surface area (Å²) in [7, 11) is 0. The maximum Gasteiger partial charge on any atom is 0.0401 e. The van der Waals surface area contributed by atoms with E-state index < -0.39 is 0 Å². The minimum absolute atomic E-state index is 1.13.